The Morgan fingerprint density at radius 3 is 2.54 bits per heavy atom. The van der Waals surface area contributed by atoms with E-state index in [9.17, 15) is 0 Å². The van der Waals surface area contributed by atoms with Crippen LogP contribution in [-0.2, 0) is 17.9 Å². The monoisotopic (exact) mass is 375 g/mol. The van der Waals surface area contributed by atoms with Crippen molar-refractivity contribution in [3.63, 3.8) is 0 Å². The highest BCUT2D eigenvalue weighted by Gasteiger charge is 2.10. The zero-order chi connectivity index (χ0) is 19.2. The van der Waals surface area contributed by atoms with E-state index in [2.05, 4.69) is 16.4 Å². The van der Waals surface area contributed by atoms with Gasteiger partial charge in [0.1, 0.15) is 5.75 Å². The van der Waals surface area contributed by atoms with E-state index in [0.717, 1.165) is 16.8 Å². The second kappa shape index (κ2) is 8.92. The van der Waals surface area contributed by atoms with Crippen molar-refractivity contribution in [3.8, 4) is 5.75 Å². The highest BCUT2D eigenvalue weighted by molar-refractivity contribution is 6.32. The number of aliphatic imine (C=N–C) groups is 1. The molecule has 0 atom stereocenters. The molecule has 0 radical (unpaired) electrons. The molecule has 0 aliphatic carbocycles. The number of halogens is 1. The second-order valence-electron chi connectivity index (χ2n) is 6.90. The standard InChI is InChI=1S/C20H26ClN3O2/c1-20(2,3)26-13-15-7-5-6-14(10-15)12-23-19(22)24-16-8-9-18(25-4)17(21)11-16/h5-11H,12-13H2,1-4H3,(H3,22,23,24). The van der Waals surface area contributed by atoms with Crippen molar-refractivity contribution in [1.82, 2.24) is 0 Å². The summed E-state index contributed by atoms with van der Waals surface area (Å²) in [6.07, 6.45) is 0. The van der Waals surface area contributed by atoms with Gasteiger partial charge in [-0.1, -0.05) is 35.9 Å². The zero-order valence-electron chi connectivity index (χ0n) is 15.7. The quantitative estimate of drug-likeness (QED) is 0.572. The van der Waals surface area contributed by atoms with Crippen LogP contribution in [0.3, 0.4) is 0 Å². The average molecular weight is 376 g/mol. The van der Waals surface area contributed by atoms with Crippen LogP contribution in [0, 0.1) is 0 Å². The minimum Gasteiger partial charge on any atom is -0.495 e. The molecule has 0 unspecified atom stereocenters. The largest absolute Gasteiger partial charge is 0.495 e. The Morgan fingerprint density at radius 1 is 1.15 bits per heavy atom. The van der Waals surface area contributed by atoms with Crippen molar-refractivity contribution < 1.29 is 9.47 Å². The maximum absolute atomic E-state index is 6.11. The fourth-order valence-electron chi connectivity index (χ4n) is 2.23. The average Bonchev–Trinajstić information content (AvgIpc) is 2.58. The van der Waals surface area contributed by atoms with E-state index < -0.39 is 0 Å². The van der Waals surface area contributed by atoms with Gasteiger partial charge >= 0.3 is 0 Å². The van der Waals surface area contributed by atoms with Crippen molar-refractivity contribution in [2.24, 2.45) is 10.7 Å². The molecule has 5 nitrogen and oxygen atoms in total. The van der Waals surface area contributed by atoms with Crippen LogP contribution >= 0.6 is 11.6 Å². The van der Waals surface area contributed by atoms with Crippen LogP contribution in [0.15, 0.2) is 47.5 Å². The molecule has 3 N–H and O–H groups in total. The number of rotatable bonds is 6. The number of nitrogens with one attached hydrogen (secondary N) is 1. The fourth-order valence-corrected chi connectivity index (χ4v) is 2.48. The Labute approximate surface area is 160 Å². The van der Waals surface area contributed by atoms with Crippen LogP contribution < -0.4 is 15.8 Å². The first-order valence-electron chi connectivity index (χ1n) is 8.39. The molecule has 2 rings (SSSR count). The predicted molar refractivity (Wildman–Crippen MR) is 108 cm³/mol. The van der Waals surface area contributed by atoms with Gasteiger partial charge < -0.3 is 20.5 Å². The summed E-state index contributed by atoms with van der Waals surface area (Å²) in [5.41, 5.74) is 8.74. The van der Waals surface area contributed by atoms with Gasteiger partial charge in [-0.3, -0.25) is 0 Å². The molecule has 0 spiro atoms. The minimum absolute atomic E-state index is 0.165. The normalized spacial score (nSPS) is 12.1. The lowest BCUT2D eigenvalue weighted by Crippen LogP contribution is -2.22. The molecule has 0 saturated heterocycles. The highest BCUT2D eigenvalue weighted by Crippen LogP contribution is 2.27. The summed E-state index contributed by atoms with van der Waals surface area (Å²) in [4.78, 5) is 4.38. The smallest absolute Gasteiger partial charge is 0.193 e. The number of ether oxygens (including phenoxy) is 2. The Hall–Kier alpha value is -2.24. The third kappa shape index (κ3) is 6.58. The number of anilines is 1. The minimum atomic E-state index is -0.165. The molecule has 2 aromatic carbocycles. The third-order valence-corrected chi connectivity index (χ3v) is 3.81. The van der Waals surface area contributed by atoms with Crippen LogP contribution in [0.5, 0.6) is 5.75 Å². The third-order valence-electron chi connectivity index (χ3n) is 3.52. The number of hydrogen-bond acceptors (Lipinski definition) is 3. The second-order valence-corrected chi connectivity index (χ2v) is 7.30. The highest BCUT2D eigenvalue weighted by atomic mass is 35.5. The molecule has 0 fully saturated rings. The topological polar surface area (TPSA) is 68.9 Å². The lowest BCUT2D eigenvalue weighted by atomic mass is 10.1. The number of nitrogens with two attached hydrogens (primary N) is 1. The van der Waals surface area contributed by atoms with E-state index >= 15 is 0 Å². The first kappa shape index (κ1) is 20.1. The van der Waals surface area contributed by atoms with Gasteiger partial charge in [0, 0.05) is 5.69 Å². The van der Waals surface area contributed by atoms with Gasteiger partial charge in [-0.2, -0.15) is 0 Å². The predicted octanol–water partition coefficient (Wildman–Crippen LogP) is 4.59. The summed E-state index contributed by atoms with van der Waals surface area (Å²) in [7, 11) is 1.57. The van der Waals surface area contributed by atoms with Crippen LogP contribution in [0.1, 0.15) is 31.9 Å². The Kier molecular flexibility index (Phi) is 6.89. The number of nitrogens with zero attached hydrogens (tertiary/aromatic N) is 1. The van der Waals surface area contributed by atoms with Gasteiger partial charge in [0.25, 0.3) is 0 Å². The van der Waals surface area contributed by atoms with Crippen LogP contribution in [0.4, 0.5) is 5.69 Å². The lowest BCUT2D eigenvalue weighted by molar-refractivity contribution is -0.0149. The molecule has 6 heteroatoms. The fraction of sp³-hybridized carbons (Fsp3) is 0.350. The van der Waals surface area contributed by atoms with Gasteiger partial charge in [-0.15, -0.1) is 0 Å². The Bertz CT molecular complexity index is 770. The molecule has 0 heterocycles. The number of methoxy groups -OCH3 is 1. The molecular weight excluding hydrogens is 350 g/mol. The first-order chi connectivity index (χ1) is 12.3. The molecule has 0 aromatic heterocycles. The van der Waals surface area contributed by atoms with Crippen molar-refractivity contribution in [2.45, 2.75) is 39.5 Å². The van der Waals surface area contributed by atoms with Crippen molar-refractivity contribution in [2.75, 3.05) is 12.4 Å². The molecule has 0 saturated carbocycles. The van der Waals surface area contributed by atoms with E-state index in [0.29, 0.717) is 29.9 Å². The molecule has 0 aliphatic heterocycles. The van der Waals surface area contributed by atoms with E-state index in [4.69, 9.17) is 26.8 Å². The van der Waals surface area contributed by atoms with Crippen molar-refractivity contribution >= 4 is 23.2 Å². The van der Waals surface area contributed by atoms with Crippen LogP contribution in [-0.4, -0.2) is 18.7 Å². The van der Waals surface area contributed by atoms with Gasteiger partial charge in [0.15, 0.2) is 5.96 Å². The number of hydrogen-bond donors (Lipinski definition) is 2. The summed E-state index contributed by atoms with van der Waals surface area (Å²) in [5.74, 6) is 0.935. The SMILES string of the molecule is COc1ccc(NC(N)=NCc2cccc(COC(C)(C)C)c2)cc1Cl. The van der Waals surface area contributed by atoms with E-state index in [1.54, 1.807) is 19.2 Å². The summed E-state index contributed by atoms with van der Waals surface area (Å²) < 4.78 is 10.9. The van der Waals surface area contributed by atoms with Crippen LogP contribution in [0.25, 0.3) is 0 Å². The van der Waals surface area contributed by atoms with Crippen LogP contribution in [0.2, 0.25) is 5.02 Å². The van der Waals surface area contributed by atoms with Crippen molar-refractivity contribution in [1.29, 1.82) is 0 Å². The maximum Gasteiger partial charge on any atom is 0.193 e. The molecule has 0 bridgehead atoms. The van der Waals surface area contributed by atoms with Gasteiger partial charge in [0.2, 0.25) is 0 Å². The number of guanidine groups is 1. The molecule has 0 aliphatic rings. The molecule has 140 valence electrons. The first-order valence-corrected chi connectivity index (χ1v) is 8.77. The molecule has 26 heavy (non-hydrogen) atoms. The Morgan fingerprint density at radius 2 is 1.88 bits per heavy atom. The molecule has 0 amide bonds. The molecular formula is C20H26ClN3O2. The summed E-state index contributed by atoms with van der Waals surface area (Å²) in [5, 5.41) is 3.54. The zero-order valence-corrected chi connectivity index (χ0v) is 16.4. The van der Waals surface area contributed by atoms with Crippen molar-refractivity contribution in [3.05, 3.63) is 58.6 Å². The van der Waals surface area contributed by atoms with E-state index in [1.165, 1.54) is 0 Å². The summed E-state index contributed by atoms with van der Waals surface area (Å²) >= 11 is 6.11. The summed E-state index contributed by atoms with van der Waals surface area (Å²) in [6, 6.07) is 13.5. The van der Waals surface area contributed by atoms with E-state index in [1.807, 2.05) is 45.0 Å². The Balaban J connectivity index is 1.97. The van der Waals surface area contributed by atoms with Gasteiger partial charge in [-0.25, -0.2) is 4.99 Å². The maximum atomic E-state index is 6.11. The molecule has 2 aromatic rings. The number of benzene rings is 2. The van der Waals surface area contributed by atoms with E-state index in [-0.39, 0.29) is 5.60 Å². The van der Waals surface area contributed by atoms with Gasteiger partial charge in [-0.05, 0) is 50.1 Å². The lowest BCUT2D eigenvalue weighted by Gasteiger charge is -2.19. The van der Waals surface area contributed by atoms with Gasteiger partial charge in [0.05, 0.1) is 30.9 Å². The summed E-state index contributed by atoms with van der Waals surface area (Å²) in [6.45, 7) is 7.17.